The summed E-state index contributed by atoms with van der Waals surface area (Å²) in [5, 5.41) is 15.2. The van der Waals surface area contributed by atoms with Crippen molar-refractivity contribution in [2.45, 2.75) is 63.2 Å². The largest absolute Gasteiger partial charge is 0.462 e. The summed E-state index contributed by atoms with van der Waals surface area (Å²) in [5.41, 5.74) is 3.47. The molecule has 0 amide bonds. The number of hydrogen-bond donors (Lipinski definition) is 1. The number of piperazine rings is 1. The number of hydrogen-bond acceptors (Lipinski definition) is 8. The van der Waals surface area contributed by atoms with Crippen LogP contribution in [0.2, 0.25) is 0 Å². The predicted octanol–water partition coefficient (Wildman–Crippen LogP) is 3.69. The Kier molecular flexibility index (Phi) is 6.71. The second kappa shape index (κ2) is 10.6. The minimum atomic E-state index is 0.149. The Morgan fingerprint density at radius 2 is 2.00 bits per heavy atom. The van der Waals surface area contributed by atoms with Gasteiger partial charge in [-0.05, 0) is 62.2 Å². The zero-order valence-electron chi connectivity index (χ0n) is 22.5. The van der Waals surface area contributed by atoms with Crippen molar-refractivity contribution < 1.29 is 4.74 Å². The molecule has 0 spiro atoms. The van der Waals surface area contributed by atoms with Crippen molar-refractivity contribution in [2.24, 2.45) is 0 Å². The van der Waals surface area contributed by atoms with Gasteiger partial charge in [-0.25, -0.2) is 0 Å². The van der Waals surface area contributed by atoms with E-state index in [-0.39, 0.29) is 6.04 Å². The Labute approximate surface area is 230 Å². The SMILES string of the molecule is N#CC[C@H]1CN(c2nc(OC[C@@H]3CCCN3C3CC3)nc3c2CCN(c2c[c]cc4ccccc24)C3)CCN1. The Bertz CT molecular complexity index is 1380. The summed E-state index contributed by atoms with van der Waals surface area (Å²) < 4.78 is 6.40. The highest BCUT2D eigenvalue weighted by Gasteiger charge is 2.37. The molecule has 3 aromatic rings. The number of anilines is 2. The van der Waals surface area contributed by atoms with Gasteiger partial charge in [0.2, 0.25) is 0 Å². The maximum Gasteiger partial charge on any atom is 0.318 e. The van der Waals surface area contributed by atoms with E-state index in [2.05, 4.69) is 68.6 Å². The van der Waals surface area contributed by atoms with Gasteiger partial charge in [0.1, 0.15) is 12.4 Å². The van der Waals surface area contributed by atoms with E-state index in [4.69, 9.17) is 14.7 Å². The van der Waals surface area contributed by atoms with E-state index < -0.39 is 0 Å². The summed E-state index contributed by atoms with van der Waals surface area (Å²) in [7, 11) is 0. The van der Waals surface area contributed by atoms with Crippen LogP contribution < -0.4 is 19.9 Å². The van der Waals surface area contributed by atoms with Gasteiger partial charge >= 0.3 is 6.01 Å². The highest BCUT2D eigenvalue weighted by atomic mass is 16.5. The molecule has 2 aromatic carbocycles. The summed E-state index contributed by atoms with van der Waals surface area (Å²) in [4.78, 5) is 17.5. The molecule has 1 radical (unpaired) electrons. The Morgan fingerprint density at radius 1 is 1.08 bits per heavy atom. The molecule has 3 aliphatic heterocycles. The van der Waals surface area contributed by atoms with Gasteiger partial charge in [-0.1, -0.05) is 24.3 Å². The number of nitriles is 1. The molecule has 2 atom stereocenters. The third kappa shape index (κ3) is 5.02. The summed E-state index contributed by atoms with van der Waals surface area (Å²) in [6.45, 7) is 5.94. The first-order chi connectivity index (χ1) is 19.3. The average Bonchev–Trinajstić information content (AvgIpc) is 3.72. The van der Waals surface area contributed by atoms with Gasteiger partial charge in [0.05, 0.1) is 24.7 Å². The van der Waals surface area contributed by atoms with Crippen molar-refractivity contribution in [2.75, 3.05) is 49.1 Å². The molecule has 0 bridgehead atoms. The first kappa shape index (κ1) is 24.6. The van der Waals surface area contributed by atoms with Crippen LogP contribution in [0.4, 0.5) is 11.5 Å². The highest BCUT2D eigenvalue weighted by molar-refractivity contribution is 5.94. The Hall–Kier alpha value is -3.41. The van der Waals surface area contributed by atoms with E-state index in [1.807, 2.05) is 0 Å². The minimum absolute atomic E-state index is 0.149. The zero-order chi connectivity index (χ0) is 26.2. The molecule has 4 heterocycles. The van der Waals surface area contributed by atoms with Gasteiger partial charge in [0.25, 0.3) is 0 Å². The molecule has 1 aliphatic carbocycles. The van der Waals surface area contributed by atoms with Gasteiger partial charge in [-0.2, -0.15) is 15.2 Å². The van der Waals surface area contributed by atoms with Crippen LogP contribution >= 0.6 is 0 Å². The van der Waals surface area contributed by atoms with E-state index in [1.54, 1.807) is 0 Å². The molecule has 1 N–H and O–H groups in total. The molecular weight excluding hydrogens is 486 g/mol. The van der Waals surface area contributed by atoms with Crippen molar-refractivity contribution in [1.29, 1.82) is 5.26 Å². The number of rotatable bonds is 7. The van der Waals surface area contributed by atoms with Crippen LogP contribution in [0.3, 0.4) is 0 Å². The van der Waals surface area contributed by atoms with Gasteiger partial charge in [-0.3, -0.25) is 4.90 Å². The van der Waals surface area contributed by atoms with E-state index in [0.29, 0.717) is 31.6 Å². The molecule has 2 saturated heterocycles. The summed E-state index contributed by atoms with van der Waals surface area (Å²) in [6, 6.07) is 20.2. The fraction of sp³-hybridized carbons (Fsp3) is 0.516. The maximum absolute atomic E-state index is 9.30. The van der Waals surface area contributed by atoms with Crippen molar-refractivity contribution in [1.82, 2.24) is 20.2 Å². The first-order valence-electron chi connectivity index (χ1n) is 14.5. The van der Waals surface area contributed by atoms with Crippen molar-refractivity contribution in [3.8, 4) is 12.1 Å². The number of aromatic nitrogens is 2. The fourth-order valence-corrected chi connectivity index (χ4v) is 6.69. The van der Waals surface area contributed by atoms with E-state index >= 15 is 0 Å². The summed E-state index contributed by atoms with van der Waals surface area (Å²) in [6.07, 6.45) is 6.46. The van der Waals surface area contributed by atoms with Crippen LogP contribution in [0, 0.1) is 17.4 Å². The molecule has 1 aromatic heterocycles. The van der Waals surface area contributed by atoms with Gasteiger partial charge in [-0.15, -0.1) is 0 Å². The Morgan fingerprint density at radius 3 is 2.90 bits per heavy atom. The lowest BCUT2D eigenvalue weighted by Gasteiger charge is -2.37. The first-order valence-corrected chi connectivity index (χ1v) is 14.5. The lowest BCUT2D eigenvalue weighted by molar-refractivity contribution is 0.158. The van der Waals surface area contributed by atoms with Crippen LogP contribution in [0.5, 0.6) is 6.01 Å². The molecule has 201 valence electrons. The number of ether oxygens (including phenoxy) is 1. The molecule has 39 heavy (non-hydrogen) atoms. The summed E-state index contributed by atoms with van der Waals surface area (Å²) >= 11 is 0. The quantitative estimate of drug-likeness (QED) is 0.503. The van der Waals surface area contributed by atoms with E-state index in [1.165, 1.54) is 54.3 Å². The van der Waals surface area contributed by atoms with Crippen LogP contribution in [0.15, 0.2) is 36.4 Å². The van der Waals surface area contributed by atoms with Crippen molar-refractivity contribution in [3.05, 3.63) is 53.7 Å². The molecule has 8 heteroatoms. The average molecular weight is 523 g/mol. The fourth-order valence-electron chi connectivity index (χ4n) is 6.69. The lowest BCUT2D eigenvalue weighted by atomic mass is 10.0. The maximum atomic E-state index is 9.30. The molecule has 4 aliphatic rings. The number of benzene rings is 2. The summed E-state index contributed by atoms with van der Waals surface area (Å²) in [5.74, 6) is 0.994. The van der Waals surface area contributed by atoms with Gasteiger partial charge < -0.3 is 19.9 Å². The zero-order valence-corrected chi connectivity index (χ0v) is 22.5. The molecular formula is C31H36N7O. The van der Waals surface area contributed by atoms with Crippen LogP contribution in [0.25, 0.3) is 10.8 Å². The molecule has 0 unspecified atom stereocenters. The lowest BCUT2D eigenvalue weighted by Crippen LogP contribution is -2.51. The van der Waals surface area contributed by atoms with E-state index in [9.17, 15) is 5.26 Å². The van der Waals surface area contributed by atoms with Crippen molar-refractivity contribution >= 4 is 22.3 Å². The predicted molar refractivity (Wildman–Crippen MR) is 152 cm³/mol. The monoisotopic (exact) mass is 522 g/mol. The third-order valence-electron chi connectivity index (χ3n) is 8.80. The number of nitrogens with zero attached hydrogens (tertiary/aromatic N) is 6. The molecule has 7 rings (SSSR count). The molecule has 1 saturated carbocycles. The number of fused-ring (bicyclic) bond motifs is 2. The normalized spacial score (nSPS) is 23.6. The third-order valence-corrected chi connectivity index (χ3v) is 8.80. The molecule has 8 nitrogen and oxygen atoms in total. The van der Waals surface area contributed by atoms with Gasteiger partial charge in [0, 0.05) is 60.9 Å². The van der Waals surface area contributed by atoms with E-state index in [0.717, 1.165) is 50.2 Å². The van der Waals surface area contributed by atoms with Gasteiger partial charge in [0.15, 0.2) is 0 Å². The number of likely N-dealkylation sites (tertiary alicyclic amines) is 1. The topological polar surface area (TPSA) is 80.5 Å². The molecule has 3 fully saturated rings. The van der Waals surface area contributed by atoms with Crippen LogP contribution in [-0.4, -0.2) is 72.3 Å². The second-order valence-corrected chi connectivity index (χ2v) is 11.4. The van der Waals surface area contributed by atoms with Crippen LogP contribution in [-0.2, 0) is 13.0 Å². The van der Waals surface area contributed by atoms with Crippen LogP contribution in [0.1, 0.15) is 43.4 Å². The number of nitrogens with one attached hydrogen (secondary N) is 1. The smallest absolute Gasteiger partial charge is 0.318 e. The second-order valence-electron chi connectivity index (χ2n) is 11.4. The van der Waals surface area contributed by atoms with Crippen molar-refractivity contribution in [3.63, 3.8) is 0 Å². The Balaban J connectivity index is 1.19. The standard InChI is InChI=1S/C31H36N7O/c32-14-12-23-19-37(18-15-33-23)30-27-13-17-36(29-9-3-6-22-5-1-2-8-26(22)29)20-28(27)34-31(35-30)39-21-25-7-4-16-38(25)24-10-11-24/h1-2,5-6,8-9,23-25,33H,4,7,10-13,15-21H2/t23-,25-/m0/s1. The minimum Gasteiger partial charge on any atom is -0.462 e. The highest BCUT2D eigenvalue weighted by Crippen LogP contribution is 2.36.